The lowest BCUT2D eigenvalue weighted by Crippen LogP contribution is -2.39. The molecule has 2 N–H and O–H groups in total. The van der Waals surface area contributed by atoms with Gasteiger partial charge in [-0.2, -0.15) is 5.06 Å². The topological polar surface area (TPSA) is 112 Å². The molecule has 2 amide bonds. The van der Waals surface area contributed by atoms with Crippen LogP contribution in [0.2, 0.25) is 0 Å². The highest BCUT2D eigenvalue weighted by molar-refractivity contribution is 6.23. The summed E-state index contributed by atoms with van der Waals surface area (Å²) >= 11 is 0. The highest BCUT2D eigenvalue weighted by Crippen LogP contribution is 2.54. The molecule has 1 aromatic rings. The SMILES string of the molecule is CC1=CC(=O)C2=C(C[C@@H]3C(=CC[C@@H]4C(=O)N(O)C(=O)[C@@H]43)[C@@H]2c2ccc(O)cc2)C1=O. The Morgan fingerprint density at radius 2 is 1.70 bits per heavy atom. The number of nitrogens with zero attached hydrogens (tertiary/aromatic N) is 1. The van der Waals surface area contributed by atoms with Crippen LogP contribution >= 0.6 is 0 Å². The average molecular weight is 405 g/mol. The molecule has 1 fully saturated rings. The predicted octanol–water partition coefficient (Wildman–Crippen LogP) is 2.21. The first-order chi connectivity index (χ1) is 14.3. The van der Waals surface area contributed by atoms with Crippen molar-refractivity contribution in [1.82, 2.24) is 5.06 Å². The number of benzene rings is 1. The lowest BCUT2D eigenvalue weighted by atomic mass is 9.59. The Morgan fingerprint density at radius 1 is 1.00 bits per heavy atom. The van der Waals surface area contributed by atoms with Crippen molar-refractivity contribution in [3.8, 4) is 5.75 Å². The molecule has 0 bridgehead atoms. The Bertz CT molecular complexity index is 1120. The molecule has 1 saturated heterocycles. The maximum Gasteiger partial charge on any atom is 0.257 e. The zero-order valence-electron chi connectivity index (χ0n) is 16.2. The Labute approximate surface area is 171 Å². The molecule has 5 rings (SSSR count). The van der Waals surface area contributed by atoms with E-state index >= 15 is 0 Å². The van der Waals surface area contributed by atoms with Crippen molar-refractivity contribution in [3.05, 3.63) is 64.3 Å². The van der Waals surface area contributed by atoms with Gasteiger partial charge in [0.1, 0.15) is 5.75 Å². The largest absolute Gasteiger partial charge is 0.508 e. The van der Waals surface area contributed by atoms with E-state index in [9.17, 15) is 29.5 Å². The molecular formula is C23H19NO6. The van der Waals surface area contributed by atoms with Gasteiger partial charge in [0.25, 0.3) is 11.8 Å². The fourth-order valence-corrected chi connectivity index (χ4v) is 5.41. The third-order valence-electron chi connectivity index (χ3n) is 6.77. The number of amides is 2. The van der Waals surface area contributed by atoms with Crippen molar-refractivity contribution < 1.29 is 29.5 Å². The molecule has 0 radical (unpaired) electrons. The van der Waals surface area contributed by atoms with Crippen LogP contribution in [0, 0.1) is 17.8 Å². The monoisotopic (exact) mass is 405 g/mol. The van der Waals surface area contributed by atoms with Gasteiger partial charge in [-0.05, 0) is 49.5 Å². The minimum atomic E-state index is -0.759. The highest BCUT2D eigenvalue weighted by atomic mass is 16.5. The molecule has 1 aliphatic heterocycles. The maximum absolute atomic E-state index is 13.0. The quantitative estimate of drug-likeness (QED) is 0.321. The van der Waals surface area contributed by atoms with E-state index in [2.05, 4.69) is 0 Å². The van der Waals surface area contributed by atoms with Crippen molar-refractivity contribution in [2.45, 2.75) is 25.7 Å². The number of Topliss-reactive ketones (excluding diaryl/α,β-unsaturated/α-hetero) is 1. The number of hydrogen-bond acceptors (Lipinski definition) is 6. The van der Waals surface area contributed by atoms with Crippen molar-refractivity contribution in [1.29, 1.82) is 0 Å². The smallest absolute Gasteiger partial charge is 0.257 e. The normalized spacial score (nSPS) is 30.7. The third kappa shape index (κ3) is 2.42. The van der Waals surface area contributed by atoms with Crippen LogP contribution in [0.1, 0.15) is 31.2 Å². The summed E-state index contributed by atoms with van der Waals surface area (Å²) < 4.78 is 0. The van der Waals surface area contributed by atoms with Gasteiger partial charge >= 0.3 is 0 Å². The lowest BCUT2D eigenvalue weighted by Gasteiger charge is -2.42. The number of hydroxylamine groups is 2. The summed E-state index contributed by atoms with van der Waals surface area (Å²) in [5.41, 5.74) is 2.65. The first-order valence-electron chi connectivity index (χ1n) is 9.85. The molecule has 3 aliphatic carbocycles. The number of fused-ring (bicyclic) bond motifs is 3. The van der Waals surface area contributed by atoms with Crippen molar-refractivity contribution in [2.75, 3.05) is 0 Å². The summed E-state index contributed by atoms with van der Waals surface area (Å²) in [6.07, 6.45) is 3.69. The number of hydrogen-bond donors (Lipinski definition) is 2. The van der Waals surface area contributed by atoms with Crippen molar-refractivity contribution in [2.24, 2.45) is 17.8 Å². The molecule has 30 heavy (non-hydrogen) atoms. The fourth-order valence-electron chi connectivity index (χ4n) is 5.41. The molecule has 7 heteroatoms. The molecule has 0 aromatic heterocycles. The minimum absolute atomic E-state index is 0.0762. The zero-order chi connectivity index (χ0) is 21.3. The molecule has 4 aliphatic rings. The Kier molecular flexibility index (Phi) is 3.95. The van der Waals surface area contributed by atoms with E-state index in [4.69, 9.17) is 0 Å². The van der Waals surface area contributed by atoms with E-state index in [-0.39, 0.29) is 35.2 Å². The second kappa shape index (κ2) is 6.34. The van der Waals surface area contributed by atoms with Crippen molar-refractivity contribution >= 4 is 23.4 Å². The van der Waals surface area contributed by atoms with E-state index < -0.39 is 35.5 Å². The van der Waals surface area contributed by atoms with Gasteiger partial charge in [-0.3, -0.25) is 24.4 Å². The number of carbonyl (C=O) groups excluding carboxylic acids is 4. The lowest BCUT2D eigenvalue weighted by molar-refractivity contribution is -0.173. The number of ketones is 2. The summed E-state index contributed by atoms with van der Waals surface area (Å²) in [4.78, 5) is 50.9. The van der Waals surface area contributed by atoms with Gasteiger partial charge < -0.3 is 5.11 Å². The summed E-state index contributed by atoms with van der Waals surface area (Å²) in [6, 6.07) is 6.42. The number of aromatic hydroxyl groups is 1. The molecule has 1 heterocycles. The number of allylic oxidation sites excluding steroid dienone is 6. The van der Waals surface area contributed by atoms with E-state index in [1.807, 2.05) is 6.08 Å². The van der Waals surface area contributed by atoms with Gasteiger partial charge in [0.05, 0.1) is 11.8 Å². The first-order valence-corrected chi connectivity index (χ1v) is 9.85. The van der Waals surface area contributed by atoms with Crippen LogP contribution in [-0.2, 0) is 19.2 Å². The standard InChI is InChI=1S/C23H19NO6/c1-10-8-17(26)20-16(21(10)27)9-15-13(18(20)11-2-4-12(25)5-3-11)6-7-14-19(15)23(29)24(30)22(14)28/h2-6,8,14-15,18-19,25,30H,7,9H2,1H3/t14-,15+,18-,19-/m0/s1. The number of phenols is 1. The Morgan fingerprint density at radius 3 is 2.40 bits per heavy atom. The summed E-state index contributed by atoms with van der Waals surface area (Å²) in [5, 5.41) is 19.8. The van der Waals surface area contributed by atoms with Crippen LogP contribution < -0.4 is 0 Å². The van der Waals surface area contributed by atoms with E-state index in [1.54, 1.807) is 19.1 Å². The number of imide groups is 1. The van der Waals surface area contributed by atoms with Gasteiger partial charge in [-0.15, -0.1) is 0 Å². The second-order valence-electron chi connectivity index (χ2n) is 8.31. The summed E-state index contributed by atoms with van der Waals surface area (Å²) in [5.74, 6) is -4.09. The number of phenolic OH excluding ortho intramolecular Hbond substituents is 1. The number of rotatable bonds is 1. The molecule has 152 valence electrons. The predicted molar refractivity (Wildman–Crippen MR) is 103 cm³/mol. The average Bonchev–Trinajstić information content (AvgIpc) is 2.95. The fraction of sp³-hybridized carbons (Fsp3) is 0.304. The molecule has 4 atom stereocenters. The highest BCUT2D eigenvalue weighted by Gasteiger charge is 2.56. The van der Waals surface area contributed by atoms with E-state index in [0.29, 0.717) is 16.7 Å². The van der Waals surface area contributed by atoms with Gasteiger partial charge in [-0.1, -0.05) is 23.8 Å². The zero-order valence-corrected chi connectivity index (χ0v) is 16.2. The molecule has 0 unspecified atom stereocenters. The van der Waals surface area contributed by atoms with Crippen molar-refractivity contribution in [3.63, 3.8) is 0 Å². The molecular weight excluding hydrogens is 386 g/mol. The van der Waals surface area contributed by atoms with E-state index in [1.165, 1.54) is 18.2 Å². The molecule has 0 spiro atoms. The van der Waals surface area contributed by atoms with Gasteiger partial charge in [0.15, 0.2) is 11.6 Å². The second-order valence-corrected chi connectivity index (χ2v) is 8.31. The molecule has 1 aromatic carbocycles. The van der Waals surface area contributed by atoms with Gasteiger partial charge in [0, 0.05) is 22.6 Å². The van der Waals surface area contributed by atoms with E-state index in [0.717, 1.165) is 11.1 Å². The van der Waals surface area contributed by atoms with Crippen LogP contribution in [0.3, 0.4) is 0 Å². The molecule has 7 nitrogen and oxygen atoms in total. The van der Waals surface area contributed by atoms with Crippen LogP contribution in [0.4, 0.5) is 0 Å². The van der Waals surface area contributed by atoms with Gasteiger partial charge in [-0.25, -0.2) is 0 Å². The van der Waals surface area contributed by atoms with Crippen LogP contribution in [0.25, 0.3) is 0 Å². The van der Waals surface area contributed by atoms with Crippen LogP contribution in [0.5, 0.6) is 5.75 Å². The summed E-state index contributed by atoms with van der Waals surface area (Å²) in [7, 11) is 0. The van der Waals surface area contributed by atoms with Crippen LogP contribution in [0.15, 0.2) is 58.7 Å². The Hall–Kier alpha value is -3.32. The third-order valence-corrected chi connectivity index (χ3v) is 6.77. The maximum atomic E-state index is 13.0. The van der Waals surface area contributed by atoms with Gasteiger partial charge in [0.2, 0.25) is 0 Å². The molecule has 0 saturated carbocycles. The number of carbonyl (C=O) groups is 4. The summed E-state index contributed by atoms with van der Waals surface area (Å²) in [6.45, 7) is 1.59. The first kappa shape index (κ1) is 18.7. The Balaban J connectivity index is 1.71. The minimum Gasteiger partial charge on any atom is -0.508 e. The van der Waals surface area contributed by atoms with Crippen LogP contribution in [-0.4, -0.2) is 38.8 Å².